The molecular weight excluding hydrogens is 198 g/mol. The Labute approximate surface area is 95.3 Å². The van der Waals surface area contributed by atoms with Gasteiger partial charge in [0, 0.05) is 11.1 Å². The maximum absolute atomic E-state index is 8.52. The van der Waals surface area contributed by atoms with Crippen LogP contribution in [0.1, 0.15) is 24.8 Å². The Morgan fingerprint density at radius 2 is 1.94 bits per heavy atom. The fourth-order valence-corrected chi connectivity index (χ4v) is 1.79. The second kappa shape index (κ2) is 5.18. The molecule has 16 heavy (non-hydrogen) atoms. The van der Waals surface area contributed by atoms with Gasteiger partial charge in [-0.15, -0.1) is 0 Å². The van der Waals surface area contributed by atoms with Gasteiger partial charge in [-0.2, -0.15) is 0 Å². The van der Waals surface area contributed by atoms with E-state index in [2.05, 4.69) is 17.0 Å². The number of rotatable bonds is 1. The summed E-state index contributed by atoms with van der Waals surface area (Å²) >= 11 is 0. The molecule has 1 aromatic rings. The first-order valence-corrected chi connectivity index (χ1v) is 5.36. The van der Waals surface area contributed by atoms with E-state index in [1.54, 1.807) is 0 Å². The van der Waals surface area contributed by atoms with Crippen LogP contribution in [0.5, 0.6) is 0 Å². The standard InChI is InChI=1S/C14H13NO/c16-15-11-14-8-4-7-13(14)10-9-12-5-2-1-3-6-12/h1-3,5-6,11,16H,4,7-8H2/b15-11+. The highest BCUT2D eigenvalue weighted by molar-refractivity contribution is 5.81. The summed E-state index contributed by atoms with van der Waals surface area (Å²) in [5, 5.41) is 11.6. The molecule has 0 heterocycles. The molecule has 1 aliphatic rings. The van der Waals surface area contributed by atoms with Gasteiger partial charge >= 0.3 is 0 Å². The van der Waals surface area contributed by atoms with Gasteiger partial charge in [0.25, 0.3) is 0 Å². The lowest BCUT2D eigenvalue weighted by atomic mass is 10.1. The lowest BCUT2D eigenvalue weighted by Gasteiger charge is -1.92. The summed E-state index contributed by atoms with van der Waals surface area (Å²) in [5.74, 6) is 6.28. The van der Waals surface area contributed by atoms with E-state index in [0.29, 0.717) is 0 Å². The van der Waals surface area contributed by atoms with Crippen molar-refractivity contribution in [3.63, 3.8) is 0 Å². The van der Waals surface area contributed by atoms with E-state index in [4.69, 9.17) is 5.21 Å². The fraction of sp³-hybridized carbons (Fsp3) is 0.214. The zero-order chi connectivity index (χ0) is 11.2. The number of hydrogen-bond donors (Lipinski definition) is 1. The Bertz CT molecular complexity index is 474. The average Bonchev–Trinajstić information content (AvgIpc) is 2.76. The van der Waals surface area contributed by atoms with Gasteiger partial charge < -0.3 is 5.21 Å². The summed E-state index contributed by atoms with van der Waals surface area (Å²) in [6.07, 6.45) is 4.55. The molecule has 0 atom stereocenters. The van der Waals surface area contributed by atoms with Gasteiger partial charge in [0.05, 0.1) is 6.21 Å². The first-order chi connectivity index (χ1) is 7.90. The fourth-order valence-electron chi connectivity index (χ4n) is 1.79. The summed E-state index contributed by atoms with van der Waals surface area (Å²) < 4.78 is 0. The normalized spacial score (nSPS) is 15.2. The van der Waals surface area contributed by atoms with Crippen molar-refractivity contribution >= 4 is 6.21 Å². The van der Waals surface area contributed by atoms with E-state index in [1.165, 1.54) is 6.21 Å². The highest BCUT2D eigenvalue weighted by atomic mass is 16.4. The van der Waals surface area contributed by atoms with Crippen LogP contribution in [0.3, 0.4) is 0 Å². The summed E-state index contributed by atoms with van der Waals surface area (Å²) in [6.45, 7) is 0. The number of allylic oxidation sites excluding steroid dienone is 2. The Hall–Kier alpha value is -2.01. The molecule has 0 unspecified atom stereocenters. The maximum atomic E-state index is 8.52. The largest absolute Gasteiger partial charge is 0.411 e. The molecule has 2 rings (SSSR count). The third-order valence-electron chi connectivity index (χ3n) is 2.61. The first-order valence-electron chi connectivity index (χ1n) is 5.36. The highest BCUT2D eigenvalue weighted by Crippen LogP contribution is 2.23. The second-order valence-electron chi connectivity index (χ2n) is 3.72. The molecule has 0 saturated heterocycles. The molecule has 1 aliphatic carbocycles. The molecule has 0 fully saturated rings. The van der Waals surface area contributed by atoms with E-state index < -0.39 is 0 Å². The quantitative estimate of drug-likeness (QED) is 0.329. The summed E-state index contributed by atoms with van der Waals surface area (Å²) in [4.78, 5) is 0. The van der Waals surface area contributed by atoms with Crippen LogP contribution >= 0.6 is 0 Å². The molecule has 0 spiro atoms. The Morgan fingerprint density at radius 3 is 2.69 bits per heavy atom. The minimum Gasteiger partial charge on any atom is -0.411 e. The van der Waals surface area contributed by atoms with Crippen molar-refractivity contribution in [2.24, 2.45) is 5.16 Å². The lowest BCUT2D eigenvalue weighted by Crippen LogP contribution is -1.83. The van der Waals surface area contributed by atoms with Crippen LogP contribution in [0.15, 0.2) is 46.6 Å². The van der Waals surface area contributed by atoms with Crippen LogP contribution in [0.25, 0.3) is 0 Å². The number of hydrogen-bond acceptors (Lipinski definition) is 2. The molecule has 0 saturated carbocycles. The second-order valence-corrected chi connectivity index (χ2v) is 3.72. The molecular formula is C14H13NO. The summed E-state index contributed by atoms with van der Waals surface area (Å²) in [6, 6.07) is 9.90. The highest BCUT2D eigenvalue weighted by Gasteiger charge is 2.10. The minimum atomic E-state index is 0.961. The van der Waals surface area contributed by atoms with Crippen LogP contribution < -0.4 is 0 Å². The number of benzene rings is 1. The molecule has 0 amide bonds. The van der Waals surface area contributed by atoms with Gasteiger partial charge in [0.2, 0.25) is 0 Å². The minimum absolute atomic E-state index is 0.961. The molecule has 1 aromatic carbocycles. The molecule has 1 N–H and O–H groups in total. The van der Waals surface area contributed by atoms with Crippen molar-refractivity contribution in [2.45, 2.75) is 19.3 Å². The number of oxime groups is 1. The number of nitrogens with zero attached hydrogens (tertiary/aromatic N) is 1. The van der Waals surface area contributed by atoms with Crippen LogP contribution in [0.2, 0.25) is 0 Å². The van der Waals surface area contributed by atoms with Crippen LogP contribution in [0.4, 0.5) is 0 Å². The van der Waals surface area contributed by atoms with E-state index in [-0.39, 0.29) is 0 Å². The van der Waals surface area contributed by atoms with Crippen molar-refractivity contribution in [1.82, 2.24) is 0 Å². The van der Waals surface area contributed by atoms with Gasteiger partial charge in [0.15, 0.2) is 0 Å². The Kier molecular flexibility index (Phi) is 3.40. The van der Waals surface area contributed by atoms with Crippen LogP contribution in [0, 0.1) is 11.8 Å². The van der Waals surface area contributed by atoms with Gasteiger partial charge in [-0.1, -0.05) is 35.2 Å². The van der Waals surface area contributed by atoms with Gasteiger partial charge in [-0.25, -0.2) is 0 Å². The molecule has 2 nitrogen and oxygen atoms in total. The van der Waals surface area contributed by atoms with Crippen LogP contribution in [-0.2, 0) is 0 Å². The zero-order valence-electron chi connectivity index (χ0n) is 8.98. The molecule has 0 radical (unpaired) electrons. The van der Waals surface area contributed by atoms with Crippen molar-refractivity contribution in [1.29, 1.82) is 0 Å². The maximum Gasteiger partial charge on any atom is 0.0702 e. The van der Waals surface area contributed by atoms with Gasteiger partial charge in [0.1, 0.15) is 0 Å². The van der Waals surface area contributed by atoms with Crippen molar-refractivity contribution in [2.75, 3.05) is 0 Å². The van der Waals surface area contributed by atoms with E-state index in [9.17, 15) is 0 Å². The molecule has 0 aromatic heterocycles. The molecule has 80 valence electrons. The third-order valence-corrected chi connectivity index (χ3v) is 2.61. The zero-order valence-corrected chi connectivity index (χ0v) is 8.98. The van der Waals surface area contributed by atoms with Crippen LogP contribution in [-0.4, -0.2) is 11.4 Å². The summed E-state index contributed by atoms with van der Waals surface area (Å²) in [5.41, 5.74) is 3.18. The van der Waals surface area contributed by atoms with E-state index in [0.717, 1.165) is 36.0 Å². The van der Waals surface area contributed by atoms with Gasteiger partial charge in [-0.3, -0.25) is 0 Å². The lowest BCUT2D eigenvalue weighted by molar-refractivity contribution is 0.321. The predicted molar refractivity (Wildman–Crippen MR) is 64.5 cm³/mol. The van der Waals surface area contributed by atoms with Crippen molar-refractivity contribution in [3.05, 3.63) is 47.0 Å². The van der Waals surface area contributed by atoms with Crippen molar-refractivity contribution in [3.8, 4) is 11.8 Å². The predicted octanol–water partition coefficient (Wildman–Crippen LogP) is 2.98. The Balaban J connectivity index is 2.22. The Morgan fingerprint density at radius 1 is 1.12 bits per heavy atom. The van der Waals surface area contributed by atoms with E-state index >= 15 is 0 Å². The van der Waals surface area contributed by atoms with E-state index in [1.807, 2.05) is 30.3 Å². The molecule has 2 heteroatoms. The molecule has 0 aliphatic heterocycles. The smallest absolute Gasteiger partial charge is 0.0702 e. The topological polar surface area (TPSA) is 32.6 Å². The molecule has 0 bridgehead atoms. The SMILES string of the molecule is O/N=C/C1=C(C#Cc2ccccc2)CCC1. The van der Waals surface area contributed by atoms with Crippen molar-refractivity contribution < 1.29 is 5.21 Å². The summed E-state index contributed by atoms with van der Waals surface area (Å²) in [7, 11) is 0. The average molecular weight is 211 g/mol. The van der Waals surface area contributed by atoms with Gasteiger partial charge in [-0.05, 0) is 37.0 Å². The third kappa shape index (κ3) is 2.52. The monoisotopic (exact) mass is 211 g/mol. The first kappa shape index (κ1) is 10.5.